The van der Waals surface area contributed by atoms with Gasteiger partial charge >= 0.3 is 0 Å². The van der Waals surface area contributed by atoms with Crippen LogP contribution in [0.15, 0.2) is 36.5 Å². The Bertz CT molecular complexity index is 541. The second-order valence-corrected chi connectivity index (χ2v) is 5.06. The fourth-order valence-corrected chi connectivity index (χ4v) is 2.19. The van der Waals surface area contributed by atoms with Gasteiger partial charge in [-0.15, -0.1) is 0 Å². The number of aliphatic hydroxyl groups is 1. The molecule has 1 aromatic carbocycles. The molecule has 19 heavy (non-hydrogen) atoms. The minimum atomic E-state index is -1.04. The summed E-state index contributed by atoms with van der Waals surface area (Å²) in [5, 5.41) is 15.5. The van der Waals surface area contributed by atoms with E-state index in [-0.39, 0.29) is 6.54 Å². The topological polar surface area (TPSA) is 64.1 Å². The number of aromatic nitrogens is 2. The molecule has 0 fully saturated rings. The molecule has 3 N–H and O–H groups in total. The Morgan fingerprint density at radius 1 is 1.37 bits per heavy atom. The highest BCUT2D eigenvalue weighted by atomic mass is 35.5. The number of rotatable bonds is 5. The molecule has 5 heteroatoms. The molecule has 2 rings (SSSR count). The summed E-state index contributed by atoms with van der Waals surface area (Å²) in [5.74, 6) is 0. The Labute approximate surface area is 117 Å². The zero-order valence-corrected chi connectivity index (χ0v) is 11.6. The van der Waals surface area contributed by atoms with Crippen molar-refractivity contribution in [3.63, 3.8) is 0 Å². The van der Waals surface area contributed by atoms with Crippen LogP contribution in [0, 0.1) is 6.92 Å². The highest BCUT2D eigenvalue weighted by molar-refractivity contribution is 6.31. The van der Waals surface area contributed by atoms with Gasteiger partial charge in [-0.25, -0.2) is 0 Å². The van der Waals surface area contributed by atoms with Gasteiger partial charge in [-0.2, -0.15) is 5.10 Å². The van der Waals surface area contributed by atoms with Crippen LogP contribution in [0.5, 0.6) is 0 Å². The van der Waals surface area contributed by atoms with E-state index in [9.17, 15) is 5.11 Å². The van der Waals surface area contributed by atoms with Crippen LogP contribution in [0.1, 0.15) is 17.7 Å². The molecular formula is C14H18ClN3O. The first-order valence-corrected chi connectivity index (χ1v) is 6.60. The van der Waals surface area contributed by atoms with Crippen LogP contribution < -0.4 is 5.73 Å². The number of benzene rings is 1. The number of nitrogens with two attached hydrogens (primary N) is 1. The third-order valence-electron chi connectivity index (χ3n) is 3.43. The van der Waals surface area contributed by atoms with E-state index in [1.165, 1.54) is 0 Å². The summed E-state index contributed by atoms with van der Waals surface area (Å²) in [6.07, 6.45) is 2.10. The zero-order chi connectivity index (χ0) is 13.9. The lowest BCUT2D eigenvalue weighted by Gasteiger charge is -2.27. The molecule has 1 aromatic heterocycles. The summed E-state index contributed by atoms with van der Waals surface area (Å²) in [6.45, 7) is 2.64. The predicted octanol–water partition coefficient (Wildman–Crippen LogP) is 2.08. The average Bonchev–Trinajstić information content (AvgIpc) is 2.77. The lowest BCUT2D eigenvalue weighted by atomic mass is 9.90. The molecule has 0 bridgehead atoms. The van der Waals surface area contributed by atoms with Crippen molar-refractivity contribution in [3.8, 4) is 0 Å². The van der Waals surface area contributed by atoms with Crippen molar-refractivity contribution in [2.75, 3.05) is 6.54 Å². The molecule has 2 aromatic rings. The molecule has 0 spiro atoms. The standard InChI is InChI=1S/C14H18ClN3O/c1-11-13(15)9-17-18(11)8-7-14(19,10-16)12-5-3-2-4-6-12/h2-6,9,19H,7-8,10,16H2,1H3. The van der Waals surface area contributed by atoms with Crippen molar-refractivity contribution in [2.24, 2.45) is 5.73 Å². The van der Waals surface area contributed by atoms with Crippen molar-refractivity contribution >= 4 is 11.6 Å². The highest BCUT2D eigenvalue weighted by Crippen LogP contribution is 2.25. The largest absolute Gasteiger partial charge is 0.384 e. The number of nitrogens with zero attached hydrogens (tertiary/aromatic N) is 2. The zero-order valence-electron chi connectivity index (χ0n) is 10.9. The van der Waals surface area contributed by atoms with Gasteiger partial charge in [-0.3, -0.25) is 4.68 Å². The molecule has 1 heterocycles. The fraction of sp³-hybridized carbons (Fsp3) is 0.357. The van der Waals surface area contributed by atoms with E-state index in [0.717, 1.165) is 11.3 Å². The van der Waals surface area contributed by atoms with Gasteiger partial charge in [0.2, 0.25) is 0 Å². The first kappa shape index (κ1) is 14.1. The van der Waals surface area contributed by atoms with E-state index in [2.05, 4.69) is 5.10 Å². The first-order valence-electron chi connectivity index (χ1n) is 6.23. The smallest absolute Gasteiger partial charge is 0.104 e. The van der Waals surface area contributed by atoms with E-state index in [1.807, 2.05) is 37.3 Å². The predicted molar refractivity (Wildman–Crippen MR) is 76.0 cm³/mol. The van der Waals surface area contributed by atoms with E-state index in [0.29, 0.717) is 18.0 Å². The average molecular weight is 280 g/mol. The van der Waals surface area contributed by atoms with E-state index in [1.54, 1.807) is 10.9 Å². The maximum absolute atomic E-state index is 10.7. The van der Waals surface area contributed by atoms with Gasteiger partial charge in [-0.05, 0) is 12.5 Å². The van der Waals surface area contributed by atoms with Crippen molar-refractivity contribution in [1.82, 2.24) is 9.78 Å². The van der Waals surface area contributed by atoms with Gasteiger partial charge < -0.3 is 10.8 Å². The van der Waals surface area contributed by atoms with Gasteiger partial charge in [0.25, 0.3) is 0 Å². The Balaban J connectivity index is 2.14. The Kier molecular flexibility index (Phi) is 4.24. The molecule has 0 amide bonds. The number of hydrogen-bond acceptors (Lipinski definition) is 3. The van der Waals surface area contributed by atoms with Crippen LogP contribution in [-0.2, 0) is 12.1 Å². The Morgan fingerprint density at radius 2 is 2.05 bits per heavy atom. The van der Waals surface area contributed by atoms with Crippen molar-refractivity contribution in [1.29, 1.82) is 0 Å². The molecule has 102 valence electrons. The van der Waals surface area contributed by atoms with Gasteiger partial charge in [0.1, 0.15) is 5.60 Å². The minimum Gasteiger partial charge on any atom is -0.384 e. The monoisotopic (exact) mass is 279 g/mol. The van der Waals surface area contributed by atoms with Crippen molar-refractivity contribution < 1.29 is 5.11 Å². The number of aryl methyl sites for hydroxylation is 1. The van der Waals surface area contributed by atoms with E-state index >= 15 is 0 Å². The summed E-state index contributed by atoms with van der Waals surface area (Å²) >= 11 is 5.96. The molecule has 0 radical (unpaired) electrons. The fourth-order valence-electron chi connectivity index (χ4n) is 2.05. The van der Waals surface area contributed by atoms with Crippen LogP contribution in [-0.4, -0.2) is 21.4 Å². The highest BCUT2D eigenvalue weighted by Gasteiger charge is 2.27. The Hall–Kier alpha value is -1.36. The van der Waals surface area contributed by atoms with Crippen molar-refractivity contribution in [2.45, 2.75) is 25.5 Å². The summed E-state index contributed by atoms with van der Waals surface area (Å²) < 4.78 is 1.78. The number of halogens is 1. The maximum atomic E-state index is 10.7. The molecule has 4 nitrogen and oxygen atoms in total. The van der Waals surface area contributed by atoms with Gasteiger partial charge in [0.05, 0.1) is 16.9 Å². The normalized spacial score (nSPS) is 14.3. The SMILES string of the molecule is Cc1c(Cl)cnn1CCC(O)(CN)c1ccccc1. The second-order valence-electron chi connectivity index (χ2n) is 4.65. The molecule has 0 aliphatic heterocycles. The van der Waals surface area contributed by atoms with E-state index < -0.39 is 5.60 Å². The summed E-state index contributed by atoms with van der Waals surface area (Å²) in [5.41, 5.74) is 6.43. The van der Waals surface area contributed by atoms with Crippen LogP contribution in [0.25, 0.3) is 0 Å². The van der Waals surface area contributed by atoms with Crippen LogP contribution in [0.2, 0.25) is 5.02 Å². The molecule has 0 saturated carbocycles. The van der Waals surface area contributed by atoms with Crippen LogP contribution in [0.4, 0.5) is 0 Å². The van der Waals surface area contributed by atoms with Gasteiger partial charge in [0.15, 0.2) is 0 Å². The second kappa shape index (κ2) is 5.74. The Morgan fingerprint density at radius 3 is 2.58 bits per heavy atom. The first-order chi connectivity index (χ1) is 9.07. The minimum absolute atomic E-state index is 0.172. The molecule has 1 atom stereocenters. The van der Waals surface area contributed by atoms with Gasteiger partial charge in [-0.1, -0.05) is 41.9 Å². The molecule has 1 unspecified atom stereocenters. The van der Waals surface area contributed by atoms with E-state index in [4.69, 9.17) is 17.3 Å². The molecule has 0 aliphatic rings. The van der Waals surface area contributed by atoms with Crippen LogP contribution >= 0.6 is 11.6 Å². The molecular weight excluding hydrogens is 262 g/mol. The summed E-state index contributed by atoms with van der Waals surface area (Å²) in [6, 6.07) is 9.47. The third kappa shape index (κ3) is 2.97. The van der Waals surface area contributed by atoms with Gasteiger partial charge in [0, 0.05) is 19.5 Å². The lowest BCUT2D eigenvalue weighted by molar-refractivity contribution is 0.0311. The maximum Gasteiger partial charge on any atom is 0.104 e. The third-order valence-corrected chi connectivity index (χ3v) is 3.80. The number of hydrogen-bond donors (Lipinski definition) is 2. The lowest BCUT2D eigenvalue weighted by Crippen LogP contribution is -2.36. The summed E-state index contributed by atoms with van der Waals surface area (Å²) in [7, 11) is 0. The molecule has 0 aliphatic carbocycles. The molecule has 0 saturated heterocycles. The van der Waals surface area contributed by atoms with Crippen molar-refractivity contribution in [3.05, 3.63) is 52.8 Å². The van der Waals surface area contributed by atoms with Crippen LogP contribution in [0.3, 0.4) is 0 Å². The summed E-state index contributed by atoms with van der Waals surface area (Å²) in [4.78, 5) is 0. The quantitative estimate of drug-likeness (QED) is 0.881.